The minimum Gasteiger partial charge on any atom is -0.327 e. The van der Waals surface area contributed by atoms with Gasteiger partial charge in [-0.2, -0.15) is 5.10 Å². The van der Waals surface area contributed by atoms with Crippen LogP contribution in [0.25, 0.3) is 0 Å². The molecular formula is C13H21F2N3. The summed E-state index contributed by atoms with van der Waals surface area (Å²) in [5, 5.41) is 4.27. The zero-order valence-corrected chi connectivity index (χ0v) is 11.0. The zero-order chi connectivity index (χ0) is 13.3. The summed E-state index contributed by atoms with van der Waals surface area (Å²) in [6.45, 7) is 1.94. The summed E-state index contributed by atoms with van der Waals surface area (Å²) in [5.74, 6) is -2.26. The summed E-state index contributed by atoms with van der Waals surface area (Å²) in [5.41, 5.74) is 8.21. The lowest BCUT2D eigenvalue weighted by atomic mass is 9.81. The third kappa shape index (κ3) is 3.07. The molecule has 1 fully saturated rings. The van der Waals surface area contributed by atoms with E-state index in [9.17, 15) is 8.78 Å². The van der Waals surface area contributed by atoms with Gasteiger partial charge in [0, 0.05) is 38.0 Å². The van der Waals surface area contributed by atoms with Gasteiger partial charge < -0.3 is 5.73 Å². The first-order valence-corrected chi connectivity index (χ1v) is 6.50. The Morgan fingerprint density at radius 2 is 2.11 bits per heavy atom. The summed E-state index contributed by atoms with van der Waals surface area (Å²) in [7, 11) is 1.89. The Morgan fingerprint density at radius 1 is 1.50 bits per heavy atom. The number of aryl methyl sites for hydroxylation is 2. The number of nitrogens with two attached hydrogens (primary N) is 1. The molecule has 1 aromatic heterocycles. The molecule has 2 N–H and O–H groups in total. The van der Waals surface area contributed by atoms with Crippen LogP contribution in [-0.4, -0.2) is 21.7 Å². The topological polar surface area (TPSA) is 43.8 Å². The molecule has 0 bridgehead atoms. The molecule has 0 saturated heterocycles. The second-order valence-electron chi connectivity index (χ2n) is 5.46. The van der Waals surface area contributed by atoms with Crippen LogP contribution in [0.4, 0.5) is 8.78 Å². The first kappa shape index (κ1) is 13.5. The molecule has 0 aromatic carbocycles. The van der Waals surface area contributed by atoms with Crippen molar-refractivity contribution in [3.63, 3.8) is 0 Å². The fourth-order valence-corrected chi connectivity index (χ4v) is 2.75. The predicted molar refractivity (Wildman–Crippen MR) is 66.5 cm³/mol. The molecule has 102 valence electrons. The summed E-state index contributed by atoms with van der Waals surface area (Å²) >= 11 is 0. The molecule has 1 unspecified atom stereocenters. The molecule has 1 atom stereocenters. The second kappa shape index (κ2) is 4.96. The van der Waals surface area contributed by atoms with E-state index in [4.69, 9.17) is 5.73 Å². The van der Waals surface area contributed by atoms with Gasteiger partial charge in [-0.3, -0.25) is 4.68 Å². The summed E-state index contributed by atoms with van der Waals surface area (Å²) in [6.07, 6.45) is 1.75. The maximum Gasteiger partial charge on any atom is 0.248 e. The average Bonchev–Trinajstić information content (AvgIpc) is 2.57. The van der Waals surface area contributed by atoms with Crippen LogP contribution in [0.15, 0.2) is 6.07 Å². The van der Waals surface area contributed by atoms with Crippen molar-refractivity contribution in [3.8, 4) is 0 Å². The number of hydrogen-bond donors (Lipinski definition) is 1. The summed E-state index contributed by atoms with van der Waals surface area (Å²) in [4.78, 5) is 0. The standard InChI is InChI=1S/C13H21F2N3/c1-9-7-11(18(2)17-9)8-12(16)10-3-5-13(14,15)6-4-10/h7,10,12H,3-6,8,16H2,1-2H3. The molecule has 2 rings (SSSR count). The van der Waals surface area contributed by atoms with E-state index in [1.165, 1.54) is 0 Å². The van der Waals surface area contributed by atoms with Gasteiger partial charge >= 0.3 is 0 Å². The average molecular weight is 257 g/mol. The van der Waals surface area contributed by atoms with Crippen LogP contribution in [0.1, 0.15) is 37.1 Å². The van der Waals surface area contributed by atoms with E-state index >= 15 is 0 Å². The van der Waals surface area contributed by atoms with Gasteiger partial charge in [-0.05, 0) is 31.7 Å². The third-order valence-corrected chi connectivity index (χ3v) is 3.91. The monoisotopic (exact) mass is 257 g/mol. The van der Waals surface area contributed by atoms with E-state index in [2.05, 4.69) is 5.10 Å². The third-order valence-electron chi connectivity index (χ3n) is 3.91. The Bertz CT molecular complexity index is 404. The molecule has 18 heavy (non-hydrogen) atoms. The van der Waals surface area contributed by atoms with E-state index in [1.807, 2.05) is 24.7 Å². The Labute approximate surface area is 106 Å². The number of alkyl halides is 2. The van der Waals surface area contributed by atoms with Crippen molar-refractivity contribution < 1.29 is 8.78 Å². The Kier molecular flexibility index (Phi) is 3.71. The predicted octanol–water partition coefficient (Wildman–Crippen LogP) is 2.42. The van der Waals surface area contributed by atoms with E-state index in [1.54, 1.807) is 0 Å². The van der Waals surface area contributed by atoms with Gasteiger partial charge in [-0.1, -0.05) is 0 Å². The van der Waals surface area contributed by atoms with Crippen LogP contribution < -0.4 is 5.73 Å². The van der Waals surface area contributed by atoms with Gasteiger partial charge in [0.1, 0.15) is 0 Å². The van der Waals surface area contributed by atoms with Crippen LogP contribution in [0.5, 0.6) is 0 Å². The van der Waals surface area contributed by atoms with Crippen molar-refractivity contribution in [2.24, 2.45) is 18.7 Å². The second-order valence-corrected chi connectivity index (χ2v) is 5.46. The van der Waals surface area contributed by atoms with Crippen molar-refractivity contribution in [3.05, 3.63) is 17.5 Å². The van der Waals surface area contributed by atoms with Crippen LogP contribution in [0, 0.1) is 12.8 Å². The maximum atomic E-state index is 13.1. The molecule has 0 aliphatic heterocycles. The van der Waals surface area contributed by atoms with E-state index < -0.39 is 5.92 Å². The number of nitrogens with zero attached hydrogens (tertiary/aromatic N) is 2. The van der Waals surface area contributed by atoms with Gasteiger partial charge in [-0.15, -0.1) is 0 Å². The highest BCUT2D eigenvalue weighted by Gasteiger charge is 2.36. The molecular weight excluding hydrogens is 236 g/mol. The van der Waals surface area contributed by atoms with Crippen molar-refractivity contribution in [2.75, 3.05) is 0 Å². The molecule has 1 heterocycles. The first-order valence-electron chi connectivity index (χ1n) is 6.50. The number of hydrogen-bond acceptors (Lipinski definition) is 2. The molecule has 1 aliphatic rings. The number of aromatic nitrogens is 2. The smallest absolute Gasteiger partial charge is 0.248 e. The molecule has 1 aliphatic carbocycles. The first-order chi connectivity index (χ1) is 8.37. The molecule has 0 radical (unpaired) electrons. The lowest BCUT2D eigenvalue weighted by Gasteiger charge is -2.31. The van der Waals surface area contributed by atoms with Crippen LogP contribution in [-0.2, 0) is 13.5 Å². The lowest BCUT2D eigenvalue weighted by Crippen LogP contribution is -2.37. The van der Waals surface area contributed by atoms with Gasteiger partial charge in [-0.25, -0.2) is 8.78 Å². The fourth-order valence-electron chi connectivity index (χ4n) is 2.75. The lowest BCUT2D eigenvalue weighted by molar-refractivity contribution is -0.0482. The highest BCUT2D eigenvalue weighted by atomic mass is 19.3. The Morgan fingerprint density at radius 3 is 2.61 bits per heavy atom. The van der Waals surface area contributed by atoms with Crippen LogP contribution >= 0.6 is 0 Å². The van der Waals surface area contributed by atoms with Crippen LogP contribution in [0.2, 0.25) is 0 Å². The van der Waals surface area contributed by atoms with E-state index in [-0.39, 0.29) is 24.8 Å². The van der Waals surface area contributed by atoms with Crippen molar-refractivity contribution in [1.29, 1.82) is 0 Å². The molecule has 1 aromatic rings. The Balaban J connectivity index is 1.93. The molecule has 5 heteroatoms. The molecule has 0 spiro atoms. The van der Waals surface area contributed by atoms with E-state index in [0.717, 1.165) is 11.4 Å². The van der Waals surface area contributed by atoms with Crippen molar-refractivity contribution in [2.45, 2.75) is 51.0 Å². The van der Waals surface area contributed by atoms with Gasteiger partial charge in [0.25, 0.3) is 0 Å². The van der Waals surface area contributed by atoms with Crippen molar-refractivity contribution in [1.82, 2.24) is 9.78 Å². The number of rotatable bonds is 3. The number of halogens is 2. The highest BCUT2D eigenvalue weighted by Crippen LogP contribution is 2.37. The van der Waals surface area contributed by atoms with Gasteiger partial charge in [0.15, 0.2) is 0 Å². The fraction of sp³-hybridized carbons (Fsp3) is 0.769. The molecule has 1 saturated carbocycles. The van der Waals surface area contributed by atoms with Gasteiger partial charge in [0.2, 0.25) is 5.92 Å². The maximum absolute atomic E-state index is 13.1. The zero-order valence-electron chi connectivity index (χ0n) is 11.0. The quantitative estimate of drug-likeness (QED) is 0.903. The minimum absolute atomic E-state index is 0.0181. The SMILES string of the molecule is Cc1cc(CC(N)C2CCC(F)(F)CC2)n(C)n1. The minimum atomic E-state index is -2.47. The highest BCUT2D eigenvalue weighted by molar-refractivity contribution is 5.10. The van der Waals surface area contributed by atoms with Gasteiger partial charge in [0.05, 0.1) is 5.69 Å². The molecule has 0 amide bonds. The largest absolute Gasteiger partial charge is 0.327 e. The summed E-state index contributed by atoms with van der Waals surface area (Å²) < 4.78 is 28.0. The van der Waals surface area contributed by atoms with E-state index in [0.29, 0.717) is 19.3 Å². The van der Waals surface area contributed by atoms with Crippen LogP contribution in [0.3, 0.4) is 0 Å². The summed E-state index contributed by atoms with van der Waals surface area (Å²) in [6, 6.07) is 1.97. The normalized spacial score (nSPS) is 22.1. The molecule has 3 nitrogen and oxygen atoms in total. The Hall–Kier alpha value is -0.970. The van der Waals surface area contributed by atoms with Crippen molar-refractivity contribution >= 4 is 0 Å².